The molecule has 0 aliphatic carbocycles. The molecule has 1 N–H and O–H groups in total. The summed E-state index contributed by atoms with van der Waals surface area (Å²) in [6.45, 7) is 5.17. The van der Waals surface area contributed by atoms with E-state index in [1.807, 2.05) is 33.3 Å². The molecule has 0 fully saturated rings. The maximum absolute atomic E-state index is 14.0. The third-order valence-electron chi connectivity index (χ3n) is 3.42. The van der Waals surface area contributed by atoms with Crippen LogP contribution in [0.15, 0.2) is 35.8 Å². The molecule has 5 heteroatoms. The number of nitrogens with one attached hydrogen (secondary N) is 1. The minimum absolute atomic E-state index is 0.210. The highest BCUT2D eigenvalue weighted by molar-refractivity contribution is 5.79. The lowest BCUT2D eigenvalue weighted by molar-refractivity contribution is 0.469. The Kier molecular flexibility index (Phi) is 7.43. The van der Waals surface area contributed by atoms with E-state index in [0.717, 1.165) is 30.9 Å². The van der Waals surface area contributed by atoms with Crippen molar-refractivity contribution in [1.82, 2.24) is 10.2 Å². The number of halogens is 1. The number of anilines is 1. The van der Waals surface area contributed by atoms with Gasteiger partial charge in [-0.2, -0.15) is 0 Å². The van der Waals surface area contributed by atoms with E-state index in [2.05, 4.69) is 21.8 Å². The van der Waals surface area contributed by atoms with Gasteiger partial charge >= 0.3 is 0 Å². The Morgan fingerprint density at radius 3 is 2.64 bits per heavy atom. The highest BCUT2D eigenvalue weighted by Gasteiger charge is 2.08. The van der Waals surface area contributed by atoms with Crippen molar-refractivity contribution in [2.45, 2.75) is 19.4 Å². The van der Waals surface area contributed by atoms with Gasteiger partial charge in [0.15, 0.2) is 5.96 Å². The molecule has 1 rings (SSSR count). The number of guanidine groups is 1. The van der Waals surface area contributed by atoms with Crippen molar-refractivity contribution >= 4 is 11.6 Å². The number of rotatable bonds is 7. The predicted octanol–water partition coefficient (Wildman–Crippen LogP) is 2.87. The van der Waals surface area contributed by atoms with E-state index in [1.165, 1.54) is 0 Å². The van der Waals surface area contributed by atoms with Gasteiger partial charge in [-0.3, -0.25) is 4.99 Å². The molecule has 0 bridgehead atoms. The Hall–Kier alpha value is -2.04. The highest BCUT2D eigenvalue weighted by atomic mass is 19.1. The van der Waals surface area contributed by atoms with Crippen molar-refractivity contribution in [3.05, 3.63) is 42.2 Å². The zero-order chi connectivity index (χ0) is 16.5. The molecule has 0 radical (unpaired) electrons. The average molecular weight is 306 g/mol. The minimum atomic E-state index is -0.210. The molecule has 0 amide bonds. The van der Waals surface area contributed by atoms with E-state index < -0.39 is 0 Å². The molecule has 0 heterocycles. The Morgan fingerprint density at radius 2 is 2.09 bits per heavy atom. The average Bonchev–Trinajstić information content (AvgIpc) is 2.47. The molecule has 4 nitrogen and oxygen atoms in total. The minimum Gasteiger partial charge on any atom is -0.375 e. The van der Waals surface area contributed by atoms with E-state index in [1.54, 1.807) is 24.1 Å². The summed E-state index contributed by atoms with van der Waals surface area (Å²) in [7, 11) is 7.41. The number of hydrogen-bond donors (Lipinski definition) is 1. The van der Waals surface area contributed by atoms with Gasteiger partial charge in [-0.05, 0) is 30.5 Å². The molecule has 0 atom stereocenters. The number of benzene rings is 1. The number of unbranched alkanes of at least 4 members (excludes halogenated alkanes) is 1. The third-order valence-corrected chi connectivity index (χ3v) is 3.42. The maximum Gasteiger partial charge on any atom is 0.193 e. The Morgan fingerprint density at radius 1 is 1.36 bits per heavy atom. The molecule has 0 aromatic heterocycles. The van der Waals surface area contributed by atoms with Crippen LogP contribution in [0.25, 0.3) is 0 Å². The molecular weight excluding hydrogens is 279 g/mol. The van der Waals surface area contributed by atoms with E-state index in [9.17, 15) is 4.39 Å². The van der Waals surface area contributed by atoms with Crippen molar-refractivity contribution in [1.29, 1.82) is 0 Å². The van der Waals surface area contributed by atoms with Gasteiger partial charge in [0.1, 0.15) is 5.82 Å². The van der Waals surface area contributed by atoms with Crippen LogP contribution in [-0.2, 0) is 6.54 Å². The van der Waals surface area contributed by atoms with Crippen LogP contribution in [0.2, 0.25) is 0 Å². The van der Waals surface area contributed by atoms with Crippen LogP contribution in [0.5, 0.6) is 0 Å². The molecule has 0 spiro atoms. The van der Waals surface area contributed by atoms with Crippen molar-refractivity contribution < 1.29 is 4.39 Å². The van der Waals surface area contributed by atoms with Gasteiger partial charge in [-0.1, -0.05) is 12.1 Å². The summed E-state index contributed by atoms with van der Waals surface area (Å²) in [5.74, 6) is 0.597. The van der Waals surface area contributed by atoms with Crippen LogP contribution in [0.4, 0.5) is 10.1 Å². The molecule has 0 aliphatic rings. The Bertz CT molecular complexity index is 511. The van der Waals surface area contributed by atoms with Gasteiger partial charge < -0.3 is 15.1 Å². The van der Waals surface area contributed by atoms with Gasteiger partial charge in [-0.15, -0.1) is 6.58 Å². The third kappa shape index (κ3) is 5.39. The molecule has 0 unspecified atom stereocenters. The second-order valence-electron chi connectivity index (χ2n) is 5.43. The van der Waals surface area contributed by atoms with Crippen LogP contribution in [0.1, 0.15) is 18.4 Å². The fraction of sp³-hybridized carbons (Fsp3) is 0.471. The van der Waals surface area contributed by atoms with Crippen LogP contribution in [0, 0.1) is 5.82 Å². The lowest BCUT2D eigenvalue weighted by atomic mass is 10.2. The van der Waals surface area contributed by atoms with E-state index in [4.69, 9.17) is 0 Å². The fourth-order valence-electron chi connectivity index (χ4n) is 2.17. The van der Waals surface area contributed by atoms with E-state index >= 15 is 0 Å². The summed E-state index contributed by atoms with van der Waals surface area (Å²) < 4.78 is 14.0. The summed E-state index contributed by atoms with van der Waals surface area (Å²) >= 11 is 0. The zero-order valence-corrected chi connectivity index (χ0v) is 14.1. The first-order chi connectivity index (χ1) is 10.5. The lowest BCUT2D eigenvalue weighted by Crippen LogP contribution is -2.39. The first-order valence-electron chi connectivity index (χ1n) is 7.48. The molecule has 22 heavy (non-hydrogen) atoms. The maximum atomic E-state index is 14.0. The van der Waals surface area contributed by atoms with Crippen LogP contribution in [-0.4, -0.2) is 45.6 Å². The van der Waals surface area contributed by atoms with Gasteiger partial charge in [0, 0.05) is 41.3 Å². The van der Waals surface area contributed by atoms with E-state index in [0.29, 0.717) is 12.2 Å². The largest absolute Gasteiger partial charge is 0.375 e. The smallest absolute Gasteiger partial charge is 0.193 e. The summed E-state index contributed by atoms with van der Waals surface area (Å²) in [4.78, 5) is 8.08. The number of nitrogens with zero attached hydrogens (tertiary/aromatic N) is 3. The summed E-state index contributed by atoms with van der Waals surface area (Å²) in [5, 5.41) is 3.26. The summed E-state index contributed by atoms with van der Waals surface area (Å²) in [5.41, 5.74) is 1.48. The summed E-state index contributed by atoms with van der Waals surface area (Å²) in [6.07, 6.45) is 3.94. The van der Waals surface area contributed by atoms with Crippen LogP contribution < -0.4 is 10.2 Å². The standard InChI is InChI=1S/C17H27FN4/c1-6-7-8-11-22(5)17(19-2)20-13-14-9-10-16(21(3)4)15(18)12-14/h6,9-10,12H,1,7-8,11,13H2,2-5H3,(H,19,20). The fourth-order valence-corrected chi connectivity index (χ4v) is 2.17. The molecule has 0 saturated carbocycles. The molecule has 0 saturated heterocycles. The predicted molar refractivity (Wildman–Crippen MR) is 93.0 cm³/mol. The number of hydrogen-bond acceptors (Lipinski definition) is 2. The van der Waals surface area contributed by atoms with Crippen molar-refractivity contribution in [3.63, 3.8) is 0 Å². The summed E-state index contributed by atoms with van der Waals surface area (Å²) in [6, 6.07) is 5.28. The lowest BCUT2D eigenvalue weighted by Gasteiger charge is -2.22. The number of aliphatic imine (C=N–C) groups is 1. The Balaban J connectivity index is 2.60. The quantitative estimate of drug-likeness (QED) is 0.364. The molecule has 1 aromatic carbocycles. The second-order valence-corrected chi connectivity index (χ2v) is 5.43. The second kappa shape index (κ2) is 9.07. The monoisotopic (exact) mass is 306 g/mol. The van der Waals surface area contributed by atoms with Gasteiger partial charge in [0.05, 0.1) is 5.69 Å². The first-order valence-corrected chi connectivity index (χ1v) is 7.48. The normalized spacial score (nSPS) is 11.2. The molecule has 122 valence electrons. The van der Waals surface area contributed by atoms with Crippen molar-refractivity contribution in [2.75, 3.05) is 39.6 Å². The SMILES string of the molecule is C=CCCCN(C)C(=NC)NCc1ccc(N(C)C)c(F)c1. The van der Waals surface area contributed by atoms with Crippen molar-refractivity contribution in [3.8, 4) is 0 Å². The highest BCUT2D eigenvalue weighted by Crippen LogP contribution is 2.18. The molecule has 0 aliphatic heterocycles. The first kappa shape index (κ1) is 18.0. The van der Waals surface area contributed by atoms with E-state index in [-0.39, 0.29) is 5.82 Å². The number of allylic oxidation sites excluding steroid dienone is 1. The molecule has 1 aromatic rings. The topological polar surface area (TPSA) is 30.9 Å². The molecular formula is C17H27FN4. The van der Waals surface area contributed by atoms with Crippen molar-refractivity contribution in [2.24, 2.45) is 4.99 Å². The van der Waals surface area contributed by atoms with Crippen LogP contribution >= 0.6 is 0 Å². The van der Waals surface area contributed by atoms with Gasteiger partial charge in [0.2, 0.25) is 0 Å². The van der Waals surface area contributed by atoms with Gasteiger partial charge in [0.25, 0.3) is 0 Å². The zero-order valence-electron chi connectivity index (χ0n) is 14.1. The Labute approximate surface area is 133 Å². The van der Waals surface area contributed by atoms with Gasteiger partial charge in [-0.25, -0.2) is 4.39 Å². The van der Waals surface area contributed by atoms with Crippen LogP contribution in [0.3, 0.4) is 0 Å².